The van der Waals surface area contributed by atoms with Crippen LogP contribution in [-0.4, -0.2) is 0 Å². The first-order chi connectivity index (χ1) is 18.3. The molecule has 0 N–H and O–H groups in total. The molecule has 0 aliphatic carbocycles. The first kappa shape index (κ1) is 20.4. The molecule has 0 aromatic heterocycles. The van der Waals surface area contributed by atoms with E-state index in [0.717, 1.165) is 21.9 Å². The molecule has 8 rings (SSSR count). The summed E-state index contributed by atoms with van der Waals surface area (Å²) in [4.78, 5) is 0. The van der Waals surface area contributed by atoms with Crippen molar-refractivity contribution in [3.05, 3.63) is 133 Å². The lowest BCUT2D eigenvalue weighted by atomic mass is 9.85. The summed E-state index contributed by atoms with van der Waals surface area (Å²) in [6.07, 6.45) is 0. The van der Waals surface area contributed by atoms with Gasteiger partial charge in [0.25, 0.3) is 0 Å². The second-order valence-electron chi connectivity index (χ2n) is 9.79. The van der Waals surface area contributed by atoms with Gasteiger partial charge in [0.1, 0.15) is 5.82 Å². The average Bonchev–Trinajstić information content (AvgIpc) is 2.97. The Labute approximate surface area is 213 Å². The number of hydrogen-bond acceptors (Lipinski definition) is 0. The van der Waals surface area contributed by atoms with Crippen LogP contribution in [-0.2, 0) is 0 Å². The van der Waals surface area contributed by atoms with E-state index >= 15 is 4.39 Å². The van der Waals surface area contributed by atoms with Crippen LogP contribution in [0.15, 0.2) is 127 Å². The molecule has 0 saturated carbocycles. The minimum absolute atomic E-state index is 0.153. The molecule has 8 aromatic carbocycles. The molecule has 0 bridgehead atoms. The van der Waals surface area contributed by atoms with Crippen LogP contribution in [0, 0.1) is 5.82 Å². The summed E-state index contributed by atoms with van der Waals surface area (Å²) in [5.74, 6) is -0.153. The van der Waals surface area contributed by atoms with Crippen LogP contribution < -0.4 is 0 Å². The maximum Gasteiger partial charge on any atom is 0.138 e. The van der Waals surface area contributed by atoms with Crippen LogP contribution in [0.5, 0.6) is 0 Å². The monoisotopic (exact) mass is 472 g/mol. The second-order valence-corrected chi connectivity index (χ2v) is 9.79. The Morgan fingerprint density at radius 1 is 0.351 bits per heavy atom. The highest BCUT2D eigenvalue weighted by Gasteiger charge is 2.19. The first-order valence-corrected chi connectivity index (χ1v) is 12.6. The van der Waals surface area contributed by atoms with E-state index in [0.29, 0.717) is 10.8 Å². The topological polar surface area (TPSA) is 0 Å². The van der Waals surface area contributed by atoms with E-state index in [2.05, 4.69) is 78.9 Å². The molecule has 0 unspecified atom stereocenters. The van der Waals surface area contributed by atoms with E-state index in [1.165, 1.54) is 43.4 Å². The molecular weight excluding hydrogens is 451 g/mol. The number of benzene rings is 8. The fourth-order valence-electron chi connectivity index (χ4n) is 6.25. The van der Waals surface area contributed by atoms with Gasteiger partial charge >= 0.3 is 0 Å². The van der Waals surface area contributed by atoms with E-state index < -0.39 is 0 Å². The van der Waals surface area contributed by atoms with Gasteiger partial charge in [0.15, 0.2) is 0 Å². The maximum absolute atomic E-state index is 15.6. The maximum atomic E-state index is 15.6. The third-order valence-electron chi connectivity index (χ3n) is 7.88. The molecule has 0 amide bonds. The fourth-order valence-corrected chi connectivity index (χ4v) is 6.25. The largest absolute Gasteiger partial charge is 0.206 e. The Kier molecular flexibility index (Phi) is 4.21. The minimum atomic E-state index is -0.153. The molecule has 0 atom stereocenters. The molecule has 0 nitrogen and oxygen atoms in total. The third-order valence-corrected chi connectivity index (χ3v) is 7.88. The first-order valence-electron chi connectivity index (χ1n) is 12.6. The summed E-state index contributed by atoms with van der Waals surface area (Å²) in [6.45, 7) is 0. The van der Waals surface area contributed by atoms with E-state index in [1.54, 1.807) is 0 Å². The van der Waals surface area contributed by atoms with Gasteiger partial charge in [-0.05, 0) is 65.3 Å². The van der Waals surface area contributed by atoms with Crippen LogP contribution >= 0.6 is 0 Å². The predicted octanol–water partition coefficient (Wildman–Crippen LogP) is 10.4. The van der Waals surface area contributed by atoms with Crippen molar-refractivity contribution in [2.45, 2.75) is 0 Å². The zero-order valence-corrected chi connectivity index (χ0v) is 20.0. The molecule has 1 heteroatoms. The SMILES string of the molecule is Fc1c2ccccc2c(-c2ccc3ccc4c(-c5ccccc5)ccc5ccc2c3c54)c2ccccc12. The minimum Gasteiger partial charge on any atom is -0.206 e. The molecule has 0 heterocycles. The van der Waals surface area contributed by atoms with Crippen molar-refractivity contribution in [2.24, 2.45) is 0 Å². The highest BCUT2D eigenvalue weighted by molar-refractivity contribution is 6.29. The molecule has 172 valence electrons. The Morgan fingerprint density at radius 2 is 0.811 bits per heavy atom. The van der Waals surface area contributed by atoms with Crippen LogP contribution in [0.25, 0.3) is 76.1 Å². The quantitative estimate of drug-likeness (QED) is 0.173. The lowest BCUT2D eigenvalue weighted by molar-refractivity contribution is 0.651. The smallest absolute Gasteiger partial charge is 0.138 e. The van der Waals surface area contributed by atoms with E-state index in [9.17, 15) is 0 Å². The average molecular weight is 473 g/mol. The molecule has 0 aliphatic rings. The second kappa shape index (κ2) is 7.62. The third kappa shape index (κ3) is 2.83. The zero-order valence-electron chi connectivity index (χ0n) is 20.0. The van der Waals surface area contributed by atoms with E-state index in [-0.39, 0.29) is 5.82 Å². The summed E-state index contributed by atoms with van der Waals surface area (Å²) in [5, 5.41) is 10.7. The Hall–Kier alpha value is -4.75. The van der Waals surface area contributed by atoms with Crippen LogP contribution in [0.2, 0.25) is 0 Å². The molecule has 8 aromatic rings. The number of halogens is 1. The highest BCUT2D eigenvalue weighted by atomic mass is 19.1. The number of hydrogen-bond donors (Lipinski definition) is 0. The summed E-state index contributed by atoms with van der Waals surface area (Å²) in [5.41, 5.74) is 4.69. The molecule has 0 fully saturated rings. The molecular formula is C36H21F. The van der Waals surface area contributed by atoms with Gasteiger partial charge in [-0.1, -0.05) is 127 Å². The molecule has 0 radical (unpaired) electrons. The fraction of sp³-hybridized carbons (Fsp3) is 0. The Bertz CT molecular complexity index is 2080. The van der Waals surface area contributed by atoms with Crippen LogP contribution in [0.4, 0.5) is 4.39 Å². The van der Waals surface area contributed by atoms with Gasteiger partial charge in [0.05, 0.1) is 0 Å². The number of fused-ring (bicyclic) bond motifs is 2. The van der Waals surface area contributed by atoms with Gasteiger partial charge in [-0.3, -0.25) is 0 Å². The van der Waals surface area contributed by atoms with Crippen molar-refractivity contribution in [2.75, 3.05) is 0 Å². The molecule has 0 spiro atoms. The normalized spacial score (nSPS) is 11.9. The summed E-state index contributed by atoms with van der Waals surface area (Å²) < 4.78 is 15.6. The van der Waals surface area contributed by atoms with Crippen molar-refractivity contribution in [1.29, 1.82) is 0 Å². The zero-order chi connectivity index (χ0) is 24.5. The van der Waals surface area contributed by atoms with Gasteiger partial charge in [-0.15, -0.1) is 0 Å². The van der Waals surface area contributed by atoms with Gasteiger partial charge in [-0.2, -0.15) is 0 Å². The predicted molar refractivity (Wildman–Crippen MR) is 156 cm³/mol. The Morgan fingerprint density at radius 3 is 1.41 bits per heavy atom. The summed E-state index contributed by atoms with van der Waals surface area (Å²) in [6, 6.07) is 44.2. The van der Waals surface area contributed by atoms with Crippen LogP contribution in [0.3, 0.4) is 0 Å². The highest BCUT2D eigenvalue weighted by Crippen LogP contribution is 2.45. The molecule has 0 saturated heterocycles. The summed E-state index contributed by atoms with van der Waals surface area (Å²) >= 11 is 0. The Balaban J connectivity index is 1.55. The number of rotatable bonds is 2. The molecule has 0 aliphatic heterocycles. The molecule has 37 heavy (non-hydrogen) atoms. The lowest BCUT2D eigenvalue weighted by Gasteiger charge is -2.19. The van der Waals surface area contributed by atoms with E-state index in [4.69, 9.17) is 0 Å². The van der Waals surface area contributed by atoms with Gasteiger partial charge < -0.3 is 0 Å². The van der Waals surface area contributed by atoms with Crippen molar-refractivity contribution < 1.29 is 4.39 Å². The van der Waals surface area contributed by atoms with Crippen molar-refractivity contribution >= 4 is 53.9 Å². The standard InChI is InChI=1S/C36H21F/c37-36-31-12-6-4-10-26(31)35(27-11-5-7-13-32(27)36)30-21-17-24-15-19-28-25(22-8-2-1-3-9-22)18-14-23-16-20-29(30)34(24)33(23)28/h1-21H. The van der Waals surface area contributed by atoms with Gasteiger partial charge in [0, 0.05) is 10.8 Å². The van der Waals surface area contributed by atoms with Crippen molar-refractivity contribution in [3.8, 4) is 22.3 Å². The summed E-state index contributed by atoms with van der Waals surface area (Å²) in [7, 11) is 0. The van der Waals surface area contributed by atoms with E-state index in [1.807, 2.05) is 48.5 Å². The van der Waals surface area contributed by atoms with Crippen molar-refractivity contribution in [3.63, 3.8) is 0 Å². The van der Waals surface area contributed by atoms with Crippen LogP contribution in [0.1, 0.15) is 0 Å². The van der Waals surface area contributed by atoms with Gasteiger partial charge in [0.2, 0.25) is 0 Å². The van der Waals surface area contributed by atoms with Gasteiger partial charge in [-0.25, -0.2) is 4.39 Å². The van der Waals surface area contributed by atoms with Crippen molar-refractivity contribution in [1.82, 2.24) is 0 Å². The lowest BCUT2D eigenvalue weighted by Crippen LogP contribution is -1.93.